The van der Waals surface area contributed by atoms with Crippen LogP contribution in [0.4, 0.5) is 5.69 Å². The average molecular weight is 357 g/mol. The number of hydrazine groups is 1. The molecule has 2 rings (SSSR count). The van der Waals surface area contributed by atoms with Crippen LogP contribution in [0.3, 0.4) is 0 Å². The maximum Gasteiger partial charge on any atom is 0.279 e. The summed E-state index contributed by atoms with van der Waals surface area (Å²) in [7, 11) is 0. The molecule has 2 amide bonds. The van der Waals surface area contributed by atoms with Crippen molar-refractivity contribution in [2.75, 3.05) is 0 Å². The summed E-state index contributed by atoms with van der Waals surface area (Å²) in [5, 5.41) is 10.7. The van der Waals surface area contributed by atoms with E-state index in [0.717, 1.165) is 17.2 Å². The van der Waals surface area contributed by atoms with Gasteiger partial charge >= 0.3 is 0 Å². The summed E-state index contributed by atoms with van der Waals surface area (Å²) in [6.07, 6.45) is -0.847. The Hall–Kier alpha value is -3.42. The Morgan fingerprint density at radius 2 is 1.69 bits per heavy atom. The van der Waals surface area contributed by atoms with Gasteiger partial charge in [0.05, 0.1) is 4.92 Å². The standard InChI is InChI=1S/C18H19N3O5/c1-11-6-4-7-12(2)16(11)26-13(3)17(22)19-20-18(23)14-8-5-9-15(10-14)21(24)25/h4-10,13H,1-3H3,(H,19,22)(H,20,23)/t13-/m0/s1. The van der Waals surface area contributed by atoms with Crippen molar-refractivity contribution in [2.24, 2.45) is 0 Å². The van der Waals surface area contributed by atoms with E-state index in [1.54, 1.807) is 6.92 Å². The van der Waals surface area contributed by atoms with Gasteiger partial charge < -0.3 is 4.74 Å². The quantitative estimate of drug-likeness (QED) is 0.631. The molecule has 0 radical (unpaired) electrons. The molecule has 0 aliphatic rings. The van der Waals surface area contributed by atoms with Crippen molar-refractivity contribution in [3.63, 3.8) is 0 Å². The minimum atomic E-state index is -0.847. The highest BCUT2D eigenvalue weighted by Gasteiger charge is 2.18. The van der Waals surface area contributed by atoms with Gasteiger partial charge in [0.15, 0.2) is 6.10 Å². The molecule has 8 nitrogen and oxygen atoms in total. The van der Waals surface area contributed by atoms with Crippen molar-refractivity contribution in [3.8, 4) is 5.75 Å². The molecule has 26 heavy (non-hydrogen) atoms. The van der Waals surface area contributed by atoms with Gasteiger partial charge in [-0.3, -0.25) is 30.6 Å². The van der Waals surface area contributed by atoms with E-state index in [-0.39, 0.29) is 11.3 Å². The highest BCUT2D eigenvalue weighted by atomic mass is 16.6. The third-order valence-electron chi connectivity index (χ3n) is 3.69. The molecule has 2 aromatic carbocycles. The van der Waals surface area contributed by atoms with E-state index in [1.165, 1.54) is 18.2 Å². The molecular formula is C18H19N3O5. The van der Waals surface area contributed by atoms with Crippen molar-refractivity contribution in [3.05, 3.63) is 69.3 Å². The molecule has 0 spiro atoms. The highest BCUT2D eigenvalue weighted by Crippen LogP contribution is 2.23. The Morgan fingerprint density at radius 1 is 1.08 bits per heavy atom. The van der Waals surface area contributed by atoms with Gasteiger partial charge in [0.2, 0.25) is 0 Å². The molecule has 0 bridgehead atoms. The normalized spacial score (nSPS) is 11.3. The lowest BCUT2D eigenvalue weighted by molar-refractivity contribution is -0.384. The monoisotopic (exact) mass is 357 g/mol. The predicted molar refractivity (Wildman–Crippen MR) is 94.7 cm³/mol. The van der Waals surface area contributed by atoms with Crippen LogP contribution in [-0.2, 0) is 4.79 Å². The Bertz CT molecular complexity index is 830. The number of nitrogens with zero attached hydrogens (tertiary/aromatic N) is 1. The van der Waals surface area contributed by atoms with Crippen LogP contribution in [0.25, 0.3) is 0 Å². The van der Waals surface area contributed by atoms with Gasteiger partial charge in [-0.25, -0.2) is 0 Å². The highest BCUT2D eigenvalue weighted by molar-refractivity contribution is 5.96. The number of rotatable bonds is 5. The summed E-state index contributed by atoms with van der Waals surface area (Å²) < 4.78 is 5.67. The maximum atomic E-state index is 12.1. The average Bonchev–Trinajstić information content (AvgIpc) is 2.62. The van der Waals surface area contributed by atoms with Gasteiger partial charge in [-0.2, -0.15) is 0 Å². The van der Waals surface area contributed by atoms with E-state index in [4.69, 9.17) is 4.74 Å². The van der Waals surface area contributed by atoms with Gasteiger partial charge in [-0.15, -0.1) is 0 Å². The molecule has 0 saturated heterocycles. The fourth-order valence-electron chi connectivity index (χ4n) is 2.27. The van der Waals surface area contributed by atoms with Crippen LogP contribution in [0.5, 0.6) is 5.75 Å². The molecular weight excluding hydrogens is 338 g/mol. The topological polar surface area (TPSA) is 111 Å². The molecule has 0 heterocycles. The Balaban J connectivity index is 1.96. The smallest absolute Gasteiger partial charge is 0.279 e. The van der Waals surface area contributed by atoms with Crippen LogP contribution in [0.2, 0.25) is 0 Å². The van der Waals surface area contributed by atoms with Crippen LogP contribution in [0, 0.1) is 24.0 Å². The van der Waals surface area contributed by atoms with E-state index in [9.17, 15) is 19.7 Å². The minimum absolute atomic E-state index is 0.0582. The number of hydrogen-bond acceptors (Lipinski definition) is 5. The molecule has 136 valence electrons. The lowest BCUT2D eigenvalue weighted by Crippen LogP contribution is -2.47. The van der Waals surface area contributed by atoms with Gasteiger partial charge in [-0.05, 0) is 38.0 Å². The molecule has 0 saturated carbocycles. The molecule has 0 aliphatic heterocycles. The number of non-ortho nitro benzene ring substituents is 1. The molecule has 2 aromatic rings. The first kappa shape index (κ1) is 18.9. The first-order valence-corrected chi connectivity index (χ1v) is 7.87. The molecule has 0 aromatic heterocycles. The number of amides is 2. The van der Waals surface area contributed by atoms with Crippen LogP contribution < -0.4 is 15.6 Å². The number of carbonyl (C=O) groups excluding carboxylic acids is 2. The van der Waals surface area contributed by atoms with Crippen LogP contribution in [-0.4, -0.2) is 22.8 Å². The van der Waals surface area contributed by atoms with E-state index in [1.807, 2.05) is 32.0 Å². The fraction of sp³-hybridized carbons (Fsp3) is 0.222. The van der Waals surface area contributed by atoms with Crippen LogP contribution in [0.1, 0.15) is 28.4 Å². The second-order valence-corrected chi connectivity index (χ2v) is 5.73. The second-order valence-electron chi connectivity index (χ2n) is 5.73. The number of benzene rings is 2. The summed E-state index contributed by atoms with van der Waals surface area (Å²) in [5.74, 6) is -0.604. The number of nitro benzene ring substituents is 1. The predicted octanol–water partition coefficient (Wildman–Crippen LogP) is 2.44. The first-order valence-electron chi connectivity index (χ1n) is 7.87. The molecule has 1 atom stereocenters. The number of hydrogen-bond donors (Lipinski definition) is 2. The summed E-state index contributed by atoms with van der Waals surface area (Å²) in [6, 6.07) is 10.8. The zero-order chi connectivity index (χ0) is 19.3. The number of carbonyl (C=O) groups is 2. The largest absolute Gasteiger partial charge is 0.480 e. The molecule has 0 fully saturated rings. The van der Waals surface area contributed by atoms with Crippen molar-refractivity contribution in [1.82, 2.24) is 10.9 Å². The molecule has 0 aliphatic carbocycles. The number of para-hydroxylation sites is 1. The zero-order valence-electron chi connectivity index (χ0n) is 14.6. The lowest BCUT2D eigenvalue weighted by atomic mass is 10.1. The molecule has 2 N–H and O–H groups in total. The summed E-state index contributed by atoms with van der Waals surface area (Å²) in [4.78, 5) is 34.3. The maximum absolute atomic E-state index is 12.1. The van der Waals surface area contributed by atoms with Crippen molar-refractivity contribution >= 4 is 17.5 Å². The number of ether oxygens (including phenoxy) is 1. The summed E-state index contributed by atoms with van der Waals surface area (Å²) in [5.41, 5.74) is 6.11. The minimum Gasteiger partial charge on any atom is -0.480 e. The Labute approximate surface area is 150 Å². The molecule has 0 unspecified atom stereocenters. The van der Waals surface area contributed by atoms with E-state index < -0.39 is 22.8 Å². The van der Waals surface area contributed by atoms with Crippen molar-refractivity contribution in [1.29, 1.82) is 0 Å². The van der Waals surface area contributed by atoms with Gasteiger partial charge in [0.25, 0.3) is 17.5 Å². The molecule has 8 heteroatoms. The Kier molecular flexibility index (Phi) is 5.90. The number of nitro groups is 1. The first-order chi connectivity index (χ1) is 12.3. The SMILES string of the molecule is Cc1cccc(C)c1O[C@@H](C)C(=O)NNC(=O)c1cccc([N+](=O)[O-])c1. The summed E-state index contributed by atoms with van der Waals surface area (Å²) >= 11 is 0. The number of nitrogens with one attached hydrogen (secondary N) is 2. The second kappa shape index (κ2) is 8.11. The number of aryl methyl sites for hydroxylation is 2. The van der Waals surface area contributed by atoms with Crippen LogP contribution >= 0.6 is 0 Å². The summed E-state index contributed by atoms with van der Waals surface area (Å²) in [6.45, 7) is 5.30. The third-order valence-corrected chi connectivity index (χ3v) is 3.69. The lowest BCUT2D eigenvalue weighted by Gasteiger charge is -2.18. The van der Waals surface area contributed by atoms with E-state index >= 15 is 0 Å². The third kappa shape index (κ3) is 4.56. The zero-order valence-corrected chi connectivity index (χ0v) is 14.6. The van der Waals surface area contributed by atoms with Crippen molar-refractivity contribution < 1.29 is 19.2 Å². The van der Waals surface area contributed by atoms with Gasteiger partial charge in [0, 0.05) is 17.7 Å². The van der Waals surface area contributed by atoms with Gasteiger partial charge in [0.1, 0.15) is 5.75 Å². The van der Waals surface area contributed by atoms with E-state index in [2.05, 4.69) is 10.9 Å². The Morgan fingerprint density at radius 3 is 2.31 bits per heavy atom. The van der Waals surface area contributed by atoms with Gasteiger partial charge in [-0.1, -0.05) is 24.3 Å². The fourth-order valence-corrected chi connectivity index (χ4v) is 2.27. The van der Waals surface area contributed by atoms with Crippen molar-refractivity contribution in [2.45, 2.75) is 26.9 Å². The van der Waals surface area contributed by atoms with Crippen LogP contribution in [0.15, 0.2) is 42.5 Å². The van der Waals surface area contributed by atoms with E-state index in [0.29, 0.717) is 5.75 Å².